The van der Waals surface area contributed by atoms with Crippen molar-refractivity contribution >= 4 is 23.2 Å². The van der Waals surface area contributed by atoms with Gasteiger partial charge < -0.3 is 5.32 Å². The van der Waals surface area contributed by atoms with Gasteiger partial charge in [-0.3, -0.25) is 0 Å². The molecular formula is C11H11Cl2N. The number of nitrogens with one attached hydrogen (secondary N) is 1. The Morgan fingerprint density at radius 3 is 2.79 bits per heavy atom. The largest absolute Gasteiger partial charge is 0.300 e. The van der Waals surface area contributed by atoms with Crippen molar-refractivity contribution in [1.82, 2.24) is 5.32 Å². The second-order valence-corrected chi connectivity index (χ2v) is 3.67. The van der Waals surface area contributed by atoms with Gasteiger partial charge in [0.15, 0.2) is 0 Å². The Hall–Kier alpha value is -0.680. The van der Waals surface area contributed by atoms with Gasteiger partial charge in [-0.1, -0.05) is 36.0 Å². The molecule has 0 saturated carbocycles. The van der Waals surface area contributed by atoms with Gasteiger partial charge in [0, 0.05) is 15.6 Å². The molecule has 1 aromatic carbocycles. The second kappa shape index (κ2) is 5.26. The van der Waals surface area contributed by atoms with Crippen LogP contribution in [0, 0.1) is 12.3 Å². The fourth-order valence-corrected chi connectivity index (χ4v) is 1.61. The van der Waals surface area contributed by atoms with Gasteiger partial charge in [-0.25, -0.2) is 0 Å². The molecule has 0 spiro atoms. The van der Waals surface area contributed by atoms with Crippen LogP contribution < -0.4 is 5.32 Å². The van der Waals surface area contributed by atoms with E-state index in [1.165, 1.54) is 0 Å². The standard InChI is InChI=1S/C11H11Cl2N/c1-3-11(14-4-2)9-7-8(12)5-6-10(9)13/h1,5-7,11,14H,4H2,2H3. The summed E-state index contributed by atoms with van der Waals surface area (Å²) in [4.78, 5) is 0. The molecule has 0 saturated heterocycles. The highest BCUT2D eigenvalue weighted by Gasteiger charge is 2.10. The zero-order valence-electron chi connectivity index (χ0n) is 7.85. The molecule has 3 heteroatoms. The van der Waals surface area contributed by atoms with E-state index in [9.17, 15) is 0 Å². The number of terminal acetylenes is 1. The maximum absolute atomic E-state index is 6.01. The molecule has 0 heterocycles. The minimum atomic E-state index is -0.175. The maximum Gasteiger partial charge on any atom is 0.0958 e. The molecule has 0 bridgehead atoms. The maximum atomic E-state index is 6.01. The smallest absolute Gasteiger partial charge is 0.0958 e. The van der Waals surface area contributed by atoms with E-state index < -0.39 is 0 Å². The summed E-state index contributed by atoms with van der Waals surface area (Å²) >= 11 is 11.9. The lowest BCUT2D eigenvalue weighted by Crippen LogP contribution is -2.19. The summed E-state index contributed by atoms with van der Waals surface area (Å²) in [6.07, 6.45) is 5.40. The van der Waals surface area contributed by atoms with Crippen LogP contribution in [0.15, 0.2) is 18.2 Å². The number of hydrogen-bond donors (Lipinski definition) is 1. The molecule has 1 atom stereocenters. The molecule has 0 amide bonds. The highest BCUT2D eigenvalue weighted by Crippen LogP contribution is 2.25. The Balaban J connectivity index is 3.03. The van der Waals surface area contributed by atoms with Crippen molar-refractivity contribution in [3.05, 3.63) is 33.8 Å². The van der Waals surface area contributed by atoms with E-state index in [4.69, 9.17) is 29.6 Å². The first kappa shape index (κ1) is 11.4. The summed E-state index contributed by atoms with van der Waals surface area (Å²) in [5.41, 5.74) is 0.850. The fourth-order valence-electron chi connectivity index (χ4n) is 1.20. The van der Waals surface area contributed by atoms with E-state index in [1.807, 2.05) is 6.92 Å². The van der Waals surface area contributed by atoms with Crippen LogP contribution in [0.25, 0.3) is 0 Å². The molecule has 0 aliphatic heterocycles. The van der Waals surface area contributed by atoms with Crippen LogP contribution in [-0.4, -0.2) is 6.54 Å². The van der Waals surface area contributed by atoms with Crippen LogP contribution in [0.5, 0.6) is 0 Å². The van der Waals surface area contributed by atoms with E-state index in [1.54, 1.807) is 18.2 Å². The molecule has 0 aliphatic rings. The van der Waals surface area contributed by atoms with Gasteiger partial charge in [0.05, 0.1) is 6.04 Å². The zero-order chi connectivity index (χ0) is 10.6. The average molecular weight is 228 g/mol. The Morgan fingerprint density at radius 1 is 1.50 bits per heavy atom. The van der Waals surface area contributed by atoms with Crippen LogP contribution in [0.1, 0.15) is 18.5 Å². The van der Waals surface area contributed by atoms with Crippen LogP contribution >= 0.6 is 23.2 Å². The van der Waals surface area contributed by atoms with Crippen LogP contribution in [0.4, 0.5) is 0 Å². The van der Waals surface area contributed by atoms with Gasteiger partial charge in [-0.2, -0.15) is 0 Å². The van der Waals surface area contributed by atoms with E-state index in [0.29, 0.717) is 10.0 Å². The molecule has 0 radical (unpaired) electrons. The van der Waals surface area contributed by atoms with Crippen molar-refractivity contribution in [2.75, 3.05) is 6.54 Å². The third kappa shape index (κ3) is 2.65. The Labute approximate surface area is 94.4 Å². The van der Waals surface area contributed by atoms with Crippen LogP contribution in [-0.2, 0) is 0 Å². The van der Waals surface area contributed by atoms with Gasteiger partial charge in [-0.15, -0.1) is 6.42 Å². The van der Waals surface area contributed by atoms with Crippen molar-refractivity contribution in [3.8, 4) is 12.3 Å². The van der Waals surface area contributed by atoms with Crippen LogP contribution in [0.3, 0.4) is 0 Å². The molecule has 74 valence electrons. The summed E-state index contributed by atoms with van der Waals surface area (Å²) in [5.74, 6) is 2.63. The third-order valence-electron chi connectivity index (χ3n) is 1.84. The highest BCUT2D eigenvalue weighted by atomic mass is 35.5. The molecule has 0 fully saturated rings. The minimum absolute atomic E-state index is 0.175. The predicted octanol–water partition coefficient (Wildman–Crippen LogP) is 3.28. The fraction of sp³-hybridized carbons (Fsp3) is 0.273. The highest BCUT2D eigenvalue weighted by molar-refractivity contribution is 6.33. The number of rotatable bonds is 3. The van der Waals surface area contributed by atoms with Crippen molar-refractivity contribution in [3.63, 3.8) is 0 Å². The molecular weight excluding hydrogens is 217 g/mol. The Morgan fingerprint density at radius 2 is 2.21 bits per heavy atom. The molecule has 1 nitrogen and oxygen atoms in total. The average Bonchev–Trinajstić information content (AvgIpc) is 2.18. The summed E-state index contributed by atoms with van der Waals surface area (Å²) in [7, 11) is 0. The quantitative estimate of drug-likeness (QED) is 0.783. The predicted molar refractivity (Wildman–Crippen MR) is 61.7 cm³/mol. The normalized spacial score (nSPS) is 12.1. The third-order valence-corrected chi connectivity index (χ3v) is 2.42. The zero-order valence-corrected chi connectivity index (χ0v) is 9.36. The molecule has 1 aromatic rings. The topological polar surface area (TPSA) is 12.0 Å². The monoisotopic (exact) mass is 227 g/mol. The summed E-state index contributed by atoms with van der Waals surface area (Å²) in [6.45, 7) is 2.78. The number of hydrogen-bond acceptors (Lipinski definition) is 1. The van der Waals surface area contributed by atoms with Gasteiger partial charge in [0.2, 0.25) is 0 Å². The molecule has 1 N–H and O–H groups in total. The first-order valence-electron chi connectivity index (χ1n) is 4.33. The van der Waals surface area contributed by atoms with E-state index in [0.717, 1.165) is 12.1 Å². The molecule has 1 rings (SSSR count). The first-order chi connectivity index (χ1) is 6.69. The number of halogens is 2. The molecule has 14 heavy (non-hydrogen) atoms. The molecule has 0 aliphatic carbocycles. The second-order valence-electron chi connectivity index (χ2n) is 2.82. The SMILES string of the molecule is C#CC(NCC)c1cc(Cl)ccc1Cl. The lowest BCUT2D eigenvalue weighted by atomic mass is 10.1. The van der Waals surface area contributed by atoms with Crippen LogP contribution in [0.2, 0.25) is 10.0 Å². The summed E-state index contributed by atoms with van der Waals surface area (Å²) < 4.78 is 0. The summed E-state index contributed by atoms with van der Waals surface area (Å²) in [5, 5.41) is 4.42. The Bertz CT molecular complexity index is 355. The number of benzene rings is 1. The first-order valence-corrected chi connectivity index (χ1v) is 5.09. The molecule has 0 aromatic heterocycles. The van der Waals surface area contributed by atoms with Gasteiger partial charge in [-0.05, 0) is 24.7 Å². The lowest BCUT2D eigenvalue weighted by molar-refractivity contribution is 0.665. The van der Waals surface area contributed by atoms with E-state index >= 15 is 0 Å². The minimum Gasteiger partial charge on any atom is -0.300 e. The lowest BCUT2D eigenvalue weighted by Gasteiger charge is -2.13. The van der Waals surface area contributed by atoms with Gasteiger partial charge in [0.25, 0.3) is 0 Å². The molecule has 1 unspecified atom stereocenters. The Kier molecular flexibility index (Phi) is 4.28. The van der Waals surface area contributed by atoms with E-state index in [-0.39, 0.29) is 6.04 Å². The summed E-state index contributed by atoms with van der Waals surface area (Å²) in [6, 6.07) is 5.11. The van der Waals surface area contributed by atoms with E-state index in [2.05, 4.69) is 11.2 Å². The van der Waals surface area contributed by atoms with Gasteiger partial charge >= 0.3 is 0 Å². The van der Waals surface area contributed by atoms with Crippen molar-refractivity contribution < 1.29 is 0 Å². The van der Waals surface area contributed by atoms with Crippen molar-refractivity contribution in [2.45, 2.75) is 13.0 Å². The van der Waals surface area contributed by atoms with Crippen molar-refractivity contribution in [2.24, 2.45) is 0 Å². The van der Waals surface area contributed by atoms with Crippen molar-refractivity contribution in [1.29, 1.82) is 0 Å². The van der Waals surface area contributed by atoms with Gasteiger partial charge in [0.1, 0.15) is 0 Å².